The molecule has 0 fully saturated rings. The topological polar surface area (TPSA) is 80.6 Å². The van der Waals surface area contributed by atoms with Crippen LogP contribution in [0.5, 0.6) is 5.75 Å². The van der Waals surface area contributed by atoms with Gasteiger partial charge in [-0.3, -0.25) is 9.59 Å². The Morgan fingerprint density at radius 1 is 1.17 bits per heavy atom. The number of nitrogens with one attached hydrogen (secondary N) is 2. The summed E-state index contributed by atoms with van der Waals surface area (Å²) < 4.78 is 33.6. The number of amides is 2. The highest BCUT2D eigenvalue weighted by molar-refractivity contribution is 9.10. The summed E-state index contributed by atoms with van der Waals surface area (Å²) in [5.74, 6) is -0.967. The van der Waals surface area contributed by atoms with Gasteiger partial charge in [0.1, 0.15) is 5.75 Å². The van der Waals surface area contributed by atoms with E-state index in [9.17, 15) is 18.4 Å². The summed E-state index contributed by atoms with van der Waals surface area (Å²) in [5.41, 5.74) is 0.381. The molecule has 6 nitrogen and oxygen atoms in total. The number of halogens is 3. The average molecular weight is 389 g/mol. The van der Waals surface area contributed by atoms with Crippen LogP contribution in [0, 0.1) is 0 Å². The van der Waals surface area contributed by atoms with Crippen molar-refractivity contribution in [1.82, 2.24) is 5.32 Å². The molecule has 0 aliphatic rings. The van der Waals surface area contributed by atoms with Gasteiger partial charge in [-0.25, -0.2) is 0 Å². The van der Waals surface area contributed by atoms with E-state index in [2.05, 4.69) is 31.3 Å². The summed E-state index contributed by atoms with van der Waals surface area (Å²) in [6.45, 7) is -3.18. The summed E-state index contributed by atoms with van der Waals surface area (Å²) >= 11 is 3.06. The molecule has 2 aromatic rings. The van der Waals surface area contributed by atoms with Gasteiger partial charge in [-0.1, -0.05) is 0 Å². The van der Waals surface area contributed by atoms with E-state index < -0.39 is 18.4 Å². The number of carbonyl (C=O) groups excluding carboxylic acids is 2. The molecule has 0 spiro atoms. The zero-order valence-corrected chi connectivity index (χ0v) is 13.1. The van der Waals surface area contributed by atoms with Gasteiger partial charge in [-0.05, 0) is 52.3 Å². The molecule has 2 N–H and O–H groups in total. The van der Waals surface area contributed by atoms with E-state index in [4.69, 9.17) is 4.42 Å². The van der Waals surface area contributed by atoms with Gasteiger partial charge in [0.25, 0.3) is 5.91 Å². The number of alkyl halides is 2. The molecule has 122 valence electrons. The fourth-order valence-corrected chi connectivity index (χ4v) is 1.92. The first kappa shape index (κ1) is 16.9. The molecule has 0 unspecified atom stereocenters. The molecule has 9 heteroatoms. The molecular formula is C14H11BrF2N2O4. The third-order valence-electron chi connectivity index (χ3n) is 2.57. The Kier molecular flexibility index (Phi) is 5.69. The predicted molar refractivity (Wildman–Crippen MR) is 80.4 cm³/mol. The first-order valence-corrected chi connectivity index (χ1v) is 7.11. The van der Waals surface area contributed by atoms with Crippen molar-refractivity contribution in [3.05, 3.63) is 46.8 Å². The third-order valence-corrected chi connectivity index (χ3v) is 3.00. The Bertz CT molecular complexity index is 688. The summed E-state index contributed by atoms with van der Waals surface area (Å²) in [6.07, 6.45) is 0. The van der Waals surface area contributed by atoms with E-state index in [1.807, 2.05) is 0 Å². The molecule has 0 atom stereocenters. The van der Waals surface area contributed by atoms with Crippen molar-refractivity contribution in [3.63, 3.8) is 0 Å². The van der Waals surface area contributed by atoms with E-state index in [0.717, 1.165) is 0 Å². The van der Waals surface area contributed by atoms with Gasteiger partial charge in [-0.15, -0.1) is 0 Å². The second-order valence-electron chi connectivity index (χ2n) is 4.24. The number of benzene rings is 1. The molecule has 23 heavy (non-hydrogen) atoms. The maximum Gasteiger partial charge on any atom is 0.387 e. The van der Waals surface area contributed by atoms with E-state index in [-0.39, 0.29) is 18.1 Å². The van der Waals surface area contributed by atoms with Crippen LogP contribution >= 0.6 is 15.9 Å². The van der Waals surface area contributed by atoms with Crippen molar-refractivity contribution in [2.75, 3.05) is 11.9 Å². The molecule has 1 aromatic heterocycles. The fraction of sp³-hybridized carbons (Fsp3) is 0.143. The number of furan rings is 1. The Morgan fingerprint density at radius 3 is 2.43 bits per heavy atom. The zero-order chi connectivity index (χ0) is 16.8. The predicted octanol–water partition coefficient (Wildman–Crippen LogP) is 3.01. The SMILES string of the molecule is O=C(CNC(=O)c1ccc(Br)o1)Nc1ccc(OC(F)F)cc1. The van der Waals surface area contributed by atoms with Crippen LogP contribution in [-0.4, -0.2) is 25.0 Å². The second-order valence-corrected chi connectivity index (χ2v) is 5.02. The molecule has 2 rings (SSSR count). The normalized spacial score (nSPS) is 10.4. The minimum atomic E-state index is -2.91. The maximum atomic E-state index is 12.0. The molecule has 0 bridgehead atoms. The van der Waals surface area contributed by atoms with Crippen LogP contribution in [0.3, 0.4) is 0 Å². The molecule has 1 aromatic carbocycles. The smallest absolute Gasteiger partial charge is 0.387 e. The Hall–Kier alpha value is -2.42. The number of carbonyl (C=O) groups is 2. The van der Waals surface area contributed by atoms with Crippen molar-refractivity contribution in [1.29, 1.82) is 0 Å². The van der Waals surface area contributed by atoms with E-state index in [0.29, 0.717) is 10.4 Å². The van der Waals surface area contributed by atoms with Crippen LogP contribution in [0.1, 0.15) is 10.6 Å². The monoisotopic (exact) mass is 388 g/mol. The van der Waals surface area contributed by atoms with Crippen molar-refractivity contribution in [2.24, 2.45) is 0 Å². The average Bonchev–Trinajstić information content (AvgIpc) is 2.93. The Balaban J connectivity index is 1.81. The molecule has 1 heterocycles. The maximum absolute atomic E-state index is 12.0. The molecule has 0 saturated heterocycles. The number of ether oxygens (including phenoxy) is 1. The molecule has 0 aliphatic heterocycles. The minimum absolute atomic E-state index is 0.0188. The number of hydrogen-bond acceptors (Lipinski definition) is 4. The highest BCUT2D eigenvalue weighted by Gasteiger charge is 2.12. The van der Waals surface area contributed by atoms with Gasteiger partial charge in [0, 0.05) is 5.69 Å². The zero-order valence-electron chi connectivity index (χ0n) is 11.5. The van der Waals surface area contributed by atoms with E-state index in [1.165, 1.54) is 30.3 Å². The van der Waals surface area contributed by atoms with Crippen molar-refractivity contribution < 1.29 is 27.5 Å². The van der Waals surface area contributed by atoms with Crippen LogP contribution < -0.4 is 15.4 Å². The third kappa shape index (κ3) is 5.37. The summed E-state index contributed by atoms with van der Waals surface area (Å²) in [7, 11) is 0. The van der Waals surface area contributed by atoms with Crippen molar-refractivity contribution in [3.8, 4) is 5.75 Å². The van der Waals surface area contributed by atoms with Crippen molar-refractivity contribution in [2.45, 2.75) is 6.61 Å². The van der Waals surface area contributed by atoms with Gasteiger partial charge in [0.2, 0.25) is 5.91 Å². The summed E-state index contributed by atoms with van der Waals surface area (Å²) in [4.78, 5) is 23.4. The van der Waals surface area contributed by atoms with Crippen LogP contribution in [0.2, 0.25) is 0 Å². The molecule has 0 saturated carbocycles. The number of rotatable bonds is 6. The van der Waals surface area contributed by atoms with Crippen LogP contribution in [-0.2, 0) is 4.79 Å². The highest BCUT2D eigenvalue weighted by Crippen LogP contribution is 2.17. The number of anilines is 1. The van der Waals surface area contributed by atoms with Crippen molar-refractivity contribution >= 4 is 33.4 Å². The molecule has 2 amide bonds. The van der Waals surface area contributed by atoms with Crippen LogP contribution in [0.15, 0.2) is 45.5 Å². The largest absolute Gasteiger partial charge is 0.444 e. The standard InChI is InChI=1S/C14H11BrF2N2O4/c15-11-6-5-10(23-11)13(21)18-7-12(20)19-8-1-3-9(4-2-8)22-14(16)17/h1-6,14H,7H2,(H,18,21)(H,19,20). The second kappa shape index (κ2) is 7.73. The summed E-state index contributed by atoms with van der Waals surface area (Å²) in [6, 6.07) is 8.40. The van der Waals surface area contributed by atoms with Gasteiger partial charge >= 0.3 is 6.61 Å². The van der Waals surface area contributed by atoms with Crippen LogP contribution in [0.4, 0.5) is 14.5 Å². The first-order chi connectivity index (χ1) is 10.9. The van der Waals surface area contributed by atoms with Crippen LogP contribution in [0.25, 0.3) is 0 Å². The fourth-order valence-electron chi connectivity index (χ4n) is 1.61. The van der Waals surface area contributed by atoms with Gasteiger partial charge < -0.3 is 19.8 Å². The molecule has 0 radical (unpaired) electrons. The van der Waals surface area contributed by atoms with Gasteiger partial charge in [0.15, 0.2) is 10.4 Å². The lowest BCUT2D eigenvalue weighted by Crippen LogP contribution is -2.32. The van der Waals surface area contributed by atoms with Gasteiger partial charge in [-0.2, -0.15) is 8.78 Å². The quantitative estimate of drug-likeness (QED) is 0.796. The Morgan fingerprint density at radius 2 is 1.87 bits per heavy atom. The Labute approximate surface area is 137 Å². The highest BCUT2D eigenvalue weighted by atomic mass is 79.9. The molecule has 0 aliphatic carbocycles. The number of hydrogen-bond donors (Lipinski definition) is 2. The van der Waals surface area contributed by atoms with E-state index >= 15 is 0 Å². The molecular weight excluding hydrogens is 378 g/mol. The summed E-state index contributed by atoms with van der Waals surface area (Å²) in [5, 5.41) is 4.88. The van der Waals surface area contributed by atoms with E-state index in [1.54, 1.807) is 6.07 Å². The lowest BCUT2D eigenvalue weighted by Gasteiger charge is -2.08. The first-order valence-electron chi connectivity index (χ1n) is 6.32. The lowest BCUT2D eigenvalue weighted by molar-refractivity contribution is -0.115. The minimum Gasteiger partial charge on any atom is -0.444 e. The lowest BCUT2D eigenvalue weighted by atomic mass is 10.3. The van der Waals surface area contributed by atoms with Gasteiger partial charge in [0.05, 0.1) is 6.54 Å².